The molecule has 0 aromatic rings. The first kappa shape index (κ1) is 20.9. The summed E-state index contributed by atoms with van der Waals surface area (Å²) < 4.78 is 0. The van der Waals surface area contributed by atoms with E-state index in [9.17, 15) is 14.4 Å². The van der Waals surface area contributed by atoms with E-state index in [1.807, 2.05) is 0 Å². The van der Waals surface area contributed by atoms with Crippen molar-refractivity contribution in [2.75, 3.05) is 6.73 Å². The predicted molar refractivity (Wildman–Crippen MR) is 67.3 cm³/mol. The minimum absolute atomic E-state index is 0.176. The molecule has 0 saturated carbocycles. The van der Waals surface area contributed by atoms with Crippen LogP contribution < -0.4 is 11.1 Å². The van der Waals surface area contributed by atoms with Gasteiger partial charge in [-0.1, -0.05) is 19.7 Å². The number of nitrogens with one attached hydrogen (secondary N) is 1. The maximum Gasteiger partial charge on any atom is 0.330 e. The molecule has 102 valence electrons. The molecule has 0 rings (SSSR count). The summed E-state index contributed by atoms with van der Waals surface area (Å²) in [6.45, 7) is 10.5. The van der Waals surface area contributed by atoms with E-state index in [1.165, 1.54) is 6.92 Å². The van der Waals surface area contributed by atoms with Gasteiger partial charge in [-0.25, -0.2) is 4.79 Å². The highest BCUT2D eigenvalue weighted by molar-refractivity contribution is 5.86. The van der Waals surface area contributed by atoms with Crippen LogP contribution in [0.3, 0.4) is 0 Å². The number of aliphatic hydroxyl groups is 1. The molecule has 0 aliphatic carbocycles. The Morgan fingerprint density at radius 3 is 1.67 bits per heavy atom. The zero-order valence-corrected chi connectivity index (χ0v) is 10.2. The summed E-state index contributed by atoms with van der Waals surface area (Å²) in [5.74, 6) is -1.78. The molecule has 0 aromatic carbocycles. The van der Waals surface area contributed by atoms with Crippen LogP contribution in [0.4, 0.5) is 0 Å². The van der Waals surface area contributed by atoms with E-state index in [-0.39, 0.29) is 18.2 Å². The Balaban J connectivity index is -0.000000190. The molecule has 0 aliphatic rings. The van der Waals surface area contributed by atoms with Gasteiger partial charge in [0.25, 0.3) is 0 Å². The van der Waals surface area contributed by atoms with E-state index in [1.54, 1.807) is 0 Å². The third-order valence-electron chi connectivity index (χ3n) is 1.00. The molecule has 0 aromatic heterocycles. The highest BCUT2D eigenvalue weighted by Gasteiger charge is 1.90. The van der Waals surface area contributed by atoms with Crippen LogP contribution in [0.2, 0.25) is 0 Å². The average molecular weight is 258 g/mol. The van der Waals surface area contributed by atoms with Crippen LogP contribution in [0.1, 0.15) is 6.92 Å². The molecular weight excluding hydrogens is 240 g/mol. The maximum absolute atomic E-state index is 10.0. The molecule has 0 saturated heterocycles. The highest BCUT2D eigenvalue weighted by Crippen LogP contribution is 1.81. The molecule has 5 N–H and O–H groups in total. The molecule has 0 spiro atoms. The third-order valence-corrected chi connectivity index (χ3v) is 1.00. The van der Waals surface area contributed by atoms with Gasteiger partial charge in [0, 0.05) is 5.57 Å². The summed E-state index contributed by atoms with van der Waals surface area (Å²) in [4.78, 5) is 29.1. The second-order valence-corrected chi connectivity index (χ2v) is 2.60. The van der Waals surface area contributed by atoms with Crippen molar-refractivity contribution in [3.05, 3.63) is 37.5 Å². The number of aliphatic carboxylic acids is 1. The van der Waals surface area contributed by atoms with E-state index < -0.39 is 11.9 Å². The summed E-state index contributed by atoms with van der Waals surface area (Å²) in [5.41, 5.74) is 4.71. The standard InChI is InChI=1S/C4H7NO2.C4H6O2.C3H5NO/c1-2-4(7)5-3-6;1-3(2)4(5)6;1-2-3(4)5/h2,6H,1,3H2,(H,5,7);1H2,2H3,(H,5,6);2H,1H2,(H2,4,5). The van der Waals surface area contributed by atoms with Crippen LogP contribution in [0.15, 0.2) is 37.5 Å². The molecule has 0 aliphatic heterocycles. The molecule has 7 heteroatoms. The second kappa shape index (κ2) is 14.6. The minimum atomic E-state index is -0.935. The number of hydrogen-bond acceptors (Lipinski definition) is 4. The fraction of sp³-hybridized carbons (Fsp3) is 0.182. The van der Waals surface area contributed by atoms with Crippen LogP contribution in [-0.2, 0) is 14.4 Å². The highest BCUT2D eigenvalue weighted by atomic mass is 16.4. The molecule has 18 heavy (non-hydrogen) atoms. The number of aliphatic hydroxyl groups excluding tert-OH is 1. The fourth-order valence-corrected chi connectivity index (χ4v) is 0.150. The lowest BCUT2D eigenvalue weighted by Gasteiger charge is -1.89. The molecule has 0 unspecified atom stereocenters. The summed E-state index contributed by atoms with van der Waals surface area (Å²) in [5, 5.41) is 18.0. The van der Waals surface area contributed by atoms with Gasteiger partial charge in [0.1, 0.15) is 6.73 Å². The van der Waals surface area contributed by atoms with E-state index in [2.05, 4.69) is 30.8 Å². The van der Waals surface area contributed by atoms with Crippen molar-refractivity contribution in [1.82, 2.24) is 5.32 Å². The molecule has 7 nitrogen and oxygen atoms in total. The van der Waals surface area contributed by atoms with Gasteiger partial charge in [-0.2, -0.15) is 0 Å². The number of carboxylic acid groups (broad SMARTS) is 1. The van der Waals surface area contributed by atoms with Crippen molar-refractivity contribution in [2.45, 2.75) is 6.92 Å². The van der Waals surface area contributed by atoms with Crippen LogP contribution in [0.25, 0.3) is 0 Å². The van der Waals surface area contributed by atoms with Gasteiger partial charge in [0.2, 0.25) is 11.8 Å². The second-order valence-electron chi connectivity index (χ2n) is 2.60. The number of carbonyl (C=O) groups excluding carboxylic acids is 2. The lowest BCUT2D eigenvalue weighted by Crippen LogP contribution is -2.20. The molecular formula is C11H18N2O5. The Bertz CT molecular complexity index is 311. The number of amides is 2. The Morgan fingerprint density at radius 1 is 1.28 bits per heavy atom. The van der Waals surface area contributed by atoms with Crippen LogP contribution in [0, 0.1) is 0 Å². The van der Waals surface area contributed by atoms with Crippen molar-refractivity contribution < 1.29 is 24.6 Å². The Hall–Kier alpha value is -2.41. The molecule has 0 bridgehead atoms. The number of nitrogens with two attached hydrogens (primary N) is 1. The van der Waals surface area contributed by atoms with Gasteiger partial charge in [0.05, 0.1) is 0 Å². The van der Waals surface area contributed by atoms with Crippen molar-refractivity contribution >= 4 is 17.8 Å². The third kappa shape index (κ3) is 29.2. The number of rotatable bonds is 4. The summed E-state index contributed by atoms with van der Waals surface area (Å²) in [7, 11) is 0. The summed E-state index contributed by atoms with van der Waals surface area (Å²) in [6.07, 6.45) is 2.15. The van der Waals surface area contributed by atoms with Gasteiger partial charge in [-0.3, -0.25) is 9.59 Å². The smallest absolute Gasteiger partial charge is 0.330 e. The molecule has 2 amide bonds. The quantitative estimate of drug-likeness (QED) is 0.400. The van der Waals surface area contributed by atoms with Crippen LogP contribution >= 0.6 is 0 Å². The van der Waals surface area contributed by atoms with Gasteiger partial charge in [-0.15, -0.1) is 0 Å². The molecule has 0 atom stereocenters. The SMILES string of the molecule is C=C(C)C(=O)O.C=CC(=O)NCO.C=CC(N)=O. The molecule has 0 fully saturated rings. The number of carboxylic acids is 1. The number of hydrogen-bond donors (Lipinski definition) is 4. The van der Waals surface area contributed by atoms with Gasteiger partial charge in [0.15, 0.2) is 0 Å². The van der Waals surface area contributed by atoms with E-state index >= 15 is 0 Å². The number of primary amides is 1. The number of carbonyl (C=O) groups is 3. The minimum Gasteiger partial charge on any atom is -0.478 e. The van der Waals surface area contributed by atoms with Gasteiger partial charge >= 0.3 is 5.97 Å². The lowest BCUT2D eigenvalue weighted by atomic mass is 10.4. The zero-order chi connectivity index (χ0) is 15.1. The largest absolute Gasteiger partial charge is 0.478 e. The Morgan fingerprint density at radius 2 is 1.61 bits per heavy atom. The first-order valence-electron chi connectivity index (χ1n) is 4.54. The van der Waals surface area contributed by atoms with Crippen molar-refractivity contribution in [1.29, 1.82) is 0 Å². The first-order chi connectivity index (χ1) is 8.22. The Labute approximate surface area is 105 Å². The van der Waals surface area contributed by atoms with E-state index in [4.69, 9.17) is 10.2 Å². The normalized spacial score (nSPS) is 7.22. The predicted octanol–water partition coefficient (Wildman–Crippen LogP) is -0.457. The van der Waals surface area contributed by atoms with Crippen molar-refractivity contribution in [3.63, 3.8) is 0 Å². The van der Waals surface area contributed by atoms with E-state index in [0.29, 0.717) is 0 Å². The first-order valence-corrected chi connectivity index (χ1v) is 4.54. The van der Waals surface area contributed by atoms with Gasteiger partial charge in [-0.05, 0) is 19.1 Å². The van der Waals surface area contributed by atoms with Crippen molar-refractivity contribution in [3.8, 4) is 0 Å². The van der Waals surface area contributed by atoms with E-state index in [0.717, 1.165) is 12.2 Å². The molecule has 0 heterocycles. The topological polar surface area (TPSA) is 130 Å². The maximum atomic E-state index is 10.0. The van der Waals surface area contributed by atoms with Crippen LogP contribution in [-0.4, -0.2) is 34.7 Å². The lowest BCUT2D eigenvalue weighted by molar-refractivity contribution is -0.132. The average Bonchev–Trinajstić information content (AvgIpc) is 2.30. The zero-order valence-electron chi connectivity index (χ0n) is 10.2. The monoisotopic (exact) mass is 258 g/mol. The van der Waals surface area contributed by atoms with Crippen molar-refractivity contribution in [2.24, 2.45) is 5.73 Å². The fourth-order valence-electron chi connectivity index (χ4n) is 0.150. The Kier molecular flexibility index (Phi) is 17.0. The molecule has 0 radical (unpaired) electrons. The summed E-state index contributed by atoms with van der Waals surface area (Å²) >= 11 is 0. The summed E-state index contributed by atoms with van der Waals surface area (Å²) in [6, 6.07) is 0. The van der Waals surface area contributed by atoms with Crippen LogP contribution in [0.5, 0.6) is 0 Å². The van der Waals surface area contributed by atoms with Gasteiger partial charge < -0.3 is 21.3 Å².